The van der Waals surface area contributed by atoms with E-state index in [9.17, 15) is 13.6 Å². The molecular formula is C16H12F2N4O2. The van der Waals surface area contributed by atoms with Crippen LogP contribution >= 0.6 is 0 Å². The molecule has 2 aromatic heterocycles. The number of benzene rings is 1. The molecule has 0 bridgehead atoms. The Bertz CT molecular complexity index is 836. The molecular weight excluding hydrogens is 318 g/mol. The van der Waals surface area contributed by atoms with E-state index in [0.717, 1.165) is 12.1 Å². The van der Waals surface area contributed by atoms with Crippen molar-refractivity contribution in [3.05, 3.63) is 71.8 Å². The first-order chi connectivity index (χ1) is 11.6. The highest BCUT2D eigenvalue weighted by atomic mass is 19.2. The van der Waals surface area contributed by atoms with E-state index in [1.165, 1.54) is 24.5 Å². The molecule has 0 aliphatic rings. The van der Waals surface area contributed by atoms with Gasteiger partial charge in [-0.15, -0.1) is 10.2 Å². The van der Waals surface area contributed by atoms with E-state index in [1.807, 2.05) is 0 Å². The summed E-state index contributed by atoms with van der Waals surface area (Å²) in [6.45, 7) is 0.238. The summed E-state index contributed by atoms with van der Waals surface area (Å²) in [5.74, 6) is -1.40. The van der Waals surface area contributed by atoms with Crippen LogP contribution in [0.15, 0.2) is 53.1 Å². The fourth-order valence-corrected chi connectivity index (χ4v) is 1.91. The van der Waals surface area contributed by atoms with Crippen LogP contribution < -0.4 is 10.6 Å². The molecule has 0 saturated heterocycles. The summed E-state index contributed by atoms with van der Waals surface area (Å²) in [5, 5.41) is 13.0. The Morgan fingerprint density at radius 2 is 1.96 bits per heavy atom. The Balaban J connectivity index is 1.62. The maximum absolute atomic E-state index is 13.1. The van der Waals surface area contributed by atoms with E-state index in [4.69, 9.17) is 4.42 Å². The van der Waals surface area contributed by atoms with Crippen LogP contribution in [0.4, 0.5) is 20.3 Å². The molecule has 1 aromatic carbocycles. The lowest BCUT2D eigenvalue weighted by atomic mass is 10.3. The smallest absolute Gasteiger partial charge is 0.272 e. The van der Waals surface area contributed by atoms with Crippen molar-refractivity contribution in [3.8, 4) is 0 Å². The van der Waals surface area contributed by atoms with Crippen molar-refractivity contribution in [2.24, 2.45) is 0 Å². The number of furan rings is 1. The molecule has 0 aliphatic carbocycles. The molecule has 122 valence electrons. The van der Waals surface area contributed by atoms with Crippen molar-refractivity contribution in [2.45, 2.75) is 6.54 Å². The van der Waals surface area contributed by atoms with E-state index in [-0.39, 0.29) is 12.2 Å². The summed E-state index contributed by atoms with van der Waals surface area (Å²) >= 11 is 0. The summed E-state index contributed by atoms with van der Waals surface area (Å²) in [5.41, 5.74) is 0.440. The lowest BCUT2D eigenvalue weighted by Gasteiger charge is -2.06. The molecule has 0 saturated carbocycles. The number of carbonyl (C=O) groups is 1. The highest BCUT2D eigenvalue weighted by molar-refractivity contribution is 5.92. The number of anilines is 2. The van der Waals surface area contributed by atoms with E-state index >= 15 is 0 Å². The fourth-order valence-electron chi connectivity index (χ4n) is 1.91. The molecule has 0 atom stereocenters. The second kappa shape index (κ2) is 6.86. The average Bonchev–Trinajstić information content (AvgIpc) is 3.10. The Morgan fingerprint density at radius 3 is 2.62 bits per heavy atom. The molecule has 6 nitrogen and oxygen atoms in total. The van der Waals surface area contributed by atoms with Gasteiger partial charge in [0.05, 0.1) is 12.8 Å². The topological polar surface area (TPSA) is 80.0 Å². The molecule has 0 radical (unpaired) electrons. The molecule has 3 aromatic rings. The van der Waals surface area contributed by atoms with Gasteiger partial charge in [0.25, 0.3) is 5.91 Å². The van der Waals surface area contributed by atoms with Crippen molar-refractivity contribution >= 4 is 17.4 Å². The average molecular weight is 330 g/mol. The van der Waals surface area contributed by atoms with Crippen LogP contribution in [-0.4, -0.2) is 16.1 Å². The van der Waals surface area contributed by atoms with Gasteiger partial charge < -0.3 is 15.1 Å². The molecule has 2 N–H and O–H groups in total. The number of amides is 1. The summed E-state index contributed by atoms with van der Waals surface area (Å²) in [4.78, 5) is 11.9. The third-order valence-electron chi connectivity index (χ3n) is 3.09. The molecule has 24 heavy (non-hydrogen) atoms. The normalized spacial score (nSPS) is 10.4. The molecule has 0 spiro atoms. The number of aromatic nitrogens is 2. The van der Waals surface area contributed by atoms with Gasteiger partial charge >= 0.3 is 0 Å². The van der Waals surface area contributed by atoms with Crippen molar-refractivity contribution in [1.82, 2.24) is 15.5 Å². The van der Waals surface area contributed by atoms with Crippen LogP contribution in [0, 0.1) is 11.6 Å². The number of nitrogens with one attached hydrogen (secondary N) is 2. The number of nitrogens with zero attached hydrogens (tertiary/aromatic N) is 2. The molecule has 0 unspecified atom stereocenters. The highest BCUT2D eigenvalue weighted by Crippen LogP contribution is 2.17. The number of hydrogen-bond acceptors (Lipinski definition) is 5. The predicted octanol–water partition coefficient (Wildman–Crippen LogP) is 3.02. The third kappa shape index (κ3) is 3.72. The zero-order valence-electron chi connectivity index (χ0n) is 12.3. The van der Waals surface area contributed by atoms with Crippen LogP contribution in [0.2, 0.25) is 0 Å². The second-order valence-electron chi connectivity index (χ2n) is 4.82. The van der Waals surface area contributed by atoms with Crippen molar-refractivity contribution in [3.63, 3.8) is 0 Å². The second-order valence-corrected chi connectivity index (χ2v) is 4.82. The van der Waals surface area contributed by atoms with Crippen LogP contribution in [0.1, 0.15) is 16.2 Å². The largest absolute Gasteiger partial charge is 0.467 e. The van der Waals surface area contributed by atoms with E-state index in [0.29, 0.717) is 17.3 Å². The van der Waals surface area contributed by atoms with E-state index in [2.05, 4.69) is 20.8 Å². The third-order valence-corrected chi connectivity index (χ3v) is 3.09. The van der Waals surface area contributed by atoms with Gasteiger partial charge in [-0.2, -0.15) is 0 Å². The standard InChI is InChI=1S/C16H12F2N4O2/c17-12-4-3-10(8-13(12)18)20-15-6-5-14(21-22-15)16(23)19-9-11-2-1-7-24-11/h1-8H,9H2,(H,19,23)(H,20,22). The first kappa shape index (κ1) is 15.6. The number of halogens is 2. The minimum Gasteiger partial charge on any atom is -0.467 e. The minimum absolute atomic E-state index is 0.123. The van der Waals surface area contributed by atoms with Crippen LogP contribution in [0.3, 0.4) is 0 Å². The molecule has 1 amide bonds. The van der Waals surface area contributed by atoms with Crippen LogP contribution in [-0.2, 0) is 6.54 Å². The number of rotatable bonds is 5. The zero-order valence-corrected chi connectivity index (χ0v) is 12.3. The quantitative estimate of drug-likeness (QED) is 0.752. The van der Waals surface area contributed by atoms with Crippen molar-refractivity contribution in [2.75, 3.05) is 5.32 Å². The highest BCUT2D eigenvalue weighted by Gasteiger charge is 2.09. The first-order valence-electron chi connectivity index (χ1n) is 6.98. The monoisotopic (exact) mass is 330 g/mol. The van der Waals surface area contributed by atoms with Gasteiger partial charge in [-0.3, -0.25) is 4.79 Å². The van der Waals surface area contributed by atoms with Gasteiger partial charge in [0.2, 0.25) is 0 Å². The van der Waals surface area contributed by atoms with Gasteiger partial charge in [0, 0.05) is 11.8 Å². The maximum Gasteiger partial charge on any atom is 0.272 e. The molecule has 0 aliphatic heterocycles. The molecule has 3 rings (SSSR count). The van der Waals surface area contributed by atoms with E-state index in [1.54, 1.807) is 12.1 Å². The Labute approximate surface area is 135 Å². The van der Waals surface area contributed by atoms with Crippen molar-refractivity contribution in [1.29, 1.82) is 0 Å². The van der Waals surface area contributed by atoms with Gasteiger partial charge in [0.1, 0.15) is 5.76 Å². The molecule has 2 heterocycles. The lowest BCUT2D eigenvalue weighted by molar-refractivity contribution is 0.0942. The Morgan fingerprint density at radius 1 is 1.08 bits per heavy atom. The maximum atomic E-state index is 13.1. The Kier molecular flexibility index (Phi) is 4.46. The predicted molar refractivity (Wildman–Crippen MR) is 81.6 cm³/mol. The first-order valence-corrected chi connectivity index (χ1v) is 6.98. The van der Waals surface area contributed by atoms with Gasteiger partial charge in [-0.25, -0.2) is 8.78 Å². The number of carbonyl (C=O) groups excluding carboxylic acids is 1. The summed E-state index contributed by atoms with van der Waals surface area (Å²) < 4.78 is 31.1. The zero-order chi connectivity index (χ0) is 16.9. The van der Waals surface area contributed by atoms with E-state index < -0.39 is 17.5 Å². The van der Waals surface area contributed by atoms with Crippen LogP contribution in [0.5, 0.6) is 0 Å². The SMILES string of the molecule is O=C(NCc1ccco1)c1ccc(Nc2ccc(F)c(F)c2)nn1. The fraction of sp³-hybridized carbons (Fsp3) is 0.0625. The minimum atomic E-state index is -0.970. The van der Waals surface area contributed by atoms with Crippen molar-refractivity contribution < 1.29 is 18.0 Å². The lowest BCUT2D eigenvalue weighted by Crippen LogP contribution is -2.23. The molecule has 0 fully saturated rings. The molecule has 8 heteroatoms. The summed E-state index contributed by atoms with van der Waals surface area (Å²) in [7, 11) is 0. The number of hydrogen-bond donors (Lipinski definition) is 2. The van der Waals surface area contributed by atoms with Crippen LogP contribution in [0.25, 0.3) is 0 Å². The Hall–Kier alpha value is -3.29. The van der Waals surface area contributed by atoms with Gasteiger partial charge in [-0.05, 0) is 36.4 Å². The summed E-state index contributed by atoms with van der Waals surface area (Å²) in [6.07, 6.45) is 1.51. The van der Waals surface area contributed by atoms with Gasteiger partial charge in [-0.1, -0.05) is 0 Å². The van der Waals surface area contributed by atoms with Gasteiger partial charge in [0.15, 0.2) is 23.1 Å². The summed E-state index contributed by atoms with van der Waals surface area (Å²) in [6, 6.07) is 9.80.